The molecule has 0 aromatic heterocycles. The summed E-state index contributed by atoms with van der Waals surface area (Å²) in [6.07, 6.45) is 3.90. The third-order valence-corrected chi connectivity index (χ3v) is 5.46. The average Bonchev–Trinajstić information content (AvgIpc) is 3.32. The molecule has 2 fully saturated rings. The molecule has 3 aliphatic heterocycles. The first kappa shape index (κ1) is 16.2. The summed E-state index contributed by atoms with van der Waals surface area (Å²) in [5, 5.41) is 3.12. The Morgan fingerprint density at radius 3 is 2.64 bits per heavy atom. The number of carbonyl (C=O) groups excluding carboxylic acids is 2. The van der Waals surface area contributed by atoms with Crippen molar-refractivity contribution in [1.29, 1.82) is 0 Å². The summed E-state index contributed by atoms with van der Waals surface area (Å²) in [6, 6.07) is 7.84. The molecule has 6 nitrogen and oxygen atoms in total. The number of fused-ring (bicyclic) bond motifs is 1. The van der Waals surface area contributed by atoms with E-state index in [1.54, 1.807) is 0 Å². The van der Waals surface area contributed by atoms with Crippen molar-refractivity contribution in [3.8, 4) is 5.75 Å². The normalized spacial score (nSPS) is 25.4. The number of carbonyl (C=O) groups is 2. The maximum absolute atomic E-state index is 12.7. The van der Waals surface area contributed by atoms with Gasteiger partial charge in [-0.25, -0.2) is 4.79 Å². The lowest BCUT2D eigenvalue weighted by atomic mass is 9.96. The van der Waals surface area contributed by atoms with E-state index in [-0.39, 0.29) is 23.9 Å². The lowest BCUT2D eigenvalue weighted by Gasteiger charge is -2.35. The Morgan fingerprint density at radius 1 is 1.04 bits per heavy atom. The summed E-state index contributed by atoms with van der Waals surface area (Å²) in [6.45, 7) is 3.46. The molecule has 134 valence electrons. The summed E-state index contributed by atoms with van der Waals surface area (Å²) in [4.78, 5) is 29.1. The number of hydrogen-bond donors (Lipinski definition) is 1. The van der Waals surface area contributed by atoms with Crippen LogP contribution in [0.4, 0.5) is 4.79 Å². The van der Waals surface area contributed by atoms with E-state index in [4.69, 9.17) is 4.74 Å². The summed E-state index contributed by atoms with van der Waals surface area (Å²) in [5.41, 5.74) is 1.04. The van der Waals surface area contributed by atoms with E-state index in [2.05, 4.69) is 5.32 Å². The number of nitrogens with zero attached hydrogens (tertiary/aromatic N) is 2. The maximum atomic E-state index is 12.7. The first-order valence-corrected chi connectivity index (χ1v) is 9.28. The standard InChI is InChI=1S/C19H25N3O3/c23-18(20-16-13-25-17-8-2-1-7-15(16)17)14-6-5-11-22(12-14)19(24)21-9-3-4-10-21/h1-2,7-8,14,16H,3-6,9-13H2,(H,20,23). The van der Waals surface area contributed by atoms with Crippen LogP contribution in [0.2, 0.25) is 0 Å². The third-order valence-electron chi connectivity index (χ3n) is 5.46. The van der Waals surface area contributed by atoms with Crippen molar-refractivity contribution >= 4 is 11.9 Å². The van der Waals surface area contributed by atoms with Gasteiger partial charge in [-0.05, 0) is 31.7 Å². The van der Waals surface area contributed by atoms with Gasteiger partial charge in [-0.15, -0.1) is 0 Å². The minimum absolute atomic E-state index is 0.0317. The van der Waals surface area contributed by atoms with E-state index in [1.807, 2.05) is 34.1 Å². The van der Waals surface area contributed by atoms with Crippen LogP contribution in [0.15, 0.2) is 24.3 Å². The number of rotatable bonds is 2. The van der Waals surface area contributed by atoms with E-state index in [0.717, 1.165) is 56.6 Å². The molecule has 0 bridgehead atoms. The second kappa shape index (κ2) is 6.94. The summed E-state index contributed by atoms with van der Waals surface area (Å²) in [7, 11) is 0. The molecular weight excluding hydrogens is 318 g/mol. The van der Waals surface area contributed by atoms with E-state index in [9.17, 15) is 9.59 Å². The Morgan fingerprint density at radius 2 is 1.80 bits per heavy atom. The van der Waals surface area contributed by atoms with Crippen LogP contribution in [0.5, 0.6) is 5.75 Å². The van der Waals surface area contributed by atoms with E-state index >= 15 is 0 Å². The van der Waals surface area contributed by atoms with Crippen LogP contribution >= 0.6 is 0 Å². The molecule has 0 spiro atoms. The molecule has 2 unspecified atom stereocenters. The summed E-state index contributed by atoms with van der Waals surface area (Å²) in [5.74, 6) is 0.750. The lowest BCUT2D eigenvalue weighted by molar-refractivity contribution is -0.127. The first-order chi connectivity index (χ1) is 12.2. The molecule has 4 rings (SSSR count). The second-order valence-electron chi connectivity index (χ2n) is 7.17. The number of nitrogens with one attached hydrogen (secondary N) is 1. The van der Waals surface area contributed by atoms with Crippen LogP contribution in [-0.2, 0) is 4.79 Å². The molecule has 3 heterocycles. The third kappa shape index (κ3) is 3.30. The number of para-hydroxylation sites is 1. The maximum Gasteiger partial charge on any atom is 0.320 e. The molecule has 3 amide bonds. The van der Waals surface area contributed by atoms with Gasteiger partial charge in [-0.2, -0.15) is 0 Å². The molecule has 3 aliphatic rings. The Kier molecular flexibility index (Phi) is 4.51. The minimum Gasteiger partial charge on any atom is -0.491 e. The van der Waals surface area contributed by atoms with Gasteiger partial charge in [0, 0.05) is 31.7 Å². The van der Waals surface area contributed by atoms with Gasteiger partial charge in [0.15, 0.2) is 0 Å². The zero-order chi connectivity index (χ0) is 17.2. The van der Waals surface area contributed by atoms with Gasteiger partial charge >= 0.3 is 6.03 Å². The van der Waals surface area contributed by atoms with Crippen LogP contribution in [0.1, 0.15) is 37.3 Å². The van der Waals surface area contributed by atoms with Crippen LogP contribution in [0.3, 0.4) is 0 Å². The molecule has 25 heavy (non-hydrogen) atoms. The molecule has 0 radical (unpaired) electrons. The highest BCUT2D eigenvalue weighted by atomic mass is 16.5. The summed E-state index contributed by atoms with van der Waals surface area (Å²) < 4.78 is 5.64. The van der Waals surface area contributed by atoms with Crippen molar-refractivity contribution < 1.29 is 14.3 Å². The highest BCUT2D eigenvalue weighted by molar-refractivity contribution is 5.81. The second-order valence-corrected chi connectivity index (χ2v) is 7.17. The molecule has 2 atom stereocenters. The van der Waals surface area contributed by atoms with Gasteiger partial charge < -0.3 is 19.9 Å². The van der Waals surface area contributed by atoms with Gasteiger partial charge in [0.1, 0.15) is 12.4 Å². The van der Waals surface area contributed by atoms with Gasteiger partial charge in [-0.1, -0.05) is 18.2 Å². The highest BCUT2D eigenvalue weighted by Gasteiger charge is 2.33. The van der Waals surface area contributed by atoms with Crippen LogP contribution in [0.25, 0.3) is 0 Å². The van der Waals surface area contributed by atoms with Crippen molar-refractivity contribution in [2.75, 3.05) is 32.8 Å². The quantitative estimate of drug-likeness (QED) is 0.895. The predicted octanol–water partition coefficient (Wildman–Crippen LogP) is 2.16. The number of urea groups is 1. The highest BCUT2D eigenvalue weighted by Crippen LogP contribution is 2.32. The molecular formula is C19H25N3O3. The van der Waals surface area contributed by atoms with Crippen LogP contribution < -0.4 is 10.1 Å². The van der Waals surface area contributed by atoms with Crippen molar-refractivity contribution in [2.24, 2.45) is 5.92 Å². The van der Waals surface area contributed by atoms with Crippen molar-refractivity contribution in [3.63, 3.8) is 0 Å². The van der Waals surface area contributed by atoms with Gasteiger partial charge in [0.05, 0.1) is 12.0 Å². The van der Waals surface area contributed by atoms with E-state index in [0.29, 0.717) is 13.2 Å². The van der Waals surface area contributed by atoms with Gasteiger partial charge in [0.25, 0.3) is 0 Å². The molecule has 1 aromatic rings. The zero-order valence-electron chi connectivity index (χ0n) is 14.4. The number of hydrogen-bond acceptors (Lipinski definition) is 3. The molecule has 0 saturated carbocycles. The Bertz CT molecular complexity index is 657. The molecule has 1 aromatic carbocycles. The Hall–Kier alpha value is -2.24. The topological polar surface area (TPSA) is 61.9 Å². The fraction of sp³-hybridized carbons (Fsp3) is 0.579. The van der Waals surface area contributed by atoms with E-state index in [1.165, 1.54) is 0 Å². The van der Waals surface area contributed by atoms with Crippen molar-refractivity contribution in [3.05, 3.63) is 29.8 Å². The molecule has 2 saturated heterocycles. The minimum atomic E-state index is -0.131. The number of likely N-dealkylation sites (tertiary alicyclic amines) is 2. The summed E-state index contributed by atoms with van der Waals surface area (Å²) >= 11 is 0. The van der Waals surface area contributed by atoms with Crippen molar-refractivity contribution in [2.45, 2.75) is 31.7 Å². The van der Waals surface area contributed by atoms with Crippen LogP contribution in [0, 0.1) is 5.92 Å². The van der Waals surface area contributed by atoms with Gasteiger partial charge in [0.2, 0.25) is 5.91 Å². The number of benzene rings is 1. The number of ether oxygens (including phenoxy) is 1. The Balaban J connectivity index is 1.36. The SMILES string of the molecule is O=C(NC1COc2ccccc21)C1CCCN(C(=O)N2CCCC2)C1. The predicted molar refractivity (Wildman–Crippen MR) is 93.3 cm³/mol. The fourth-order valence-corrected chi connectivity index (χ4v) is 4.05. The molecule has 1 N–H and O–H groups in total. The Labute approximate surface area is 148 Å². The smallest absolute Gasteiger partial charge is 0.320 e. The average molecular weight is 343 g/mol. The number of piperidine rings is 1. The molecule has 6 heteroatoms. The first-order valence-electron chi connectivity index (χ1n) is 9.28. The van der Waals surface area contributed by atoms with Crippen molar-refractivity contribution in [1.82, 2.24) is 15.1 Å². The van der Waals surface area contributed by atoms with E-state index < -0.39 is 0 Å². The lowest BCUT2D eigenvalue weighted by Crippen LogP contribution is -2.50. The monoisotopic (exact) mass is 343 g/mol. The zero-order valence-corrected chi connectivity index (χ0v) is 14.4. The number of amides is 3. The largest absolute Gasteiger partial charge is 0.491 e. The molecule has 0 aliphatic carbocycles. The van der Waals surface area contributed by atoms with Gasteiger partial charge in [-0.3, -0.25) is 4.79 Å². The van der Waals surface area contributed by atoms with Crippen LogP contribution in [-0.4, -0.2) is 54.5 Å². The fourth-order valence-electron chi connectivity index (χ4n) is 4.05.